The molecule has 3 fully saturated rings. The van der Waals surface area contributed by atoms with Crippen LogP contribution in [0.25, 0.3) is 0 Å². The summed E-state index contributed by atoms with van der Waals surface area (Å²) < 4.78 is 34.0. The van der Waals surface area contributed by atoms with E-state index in [4.69, 9.17) is 28.4 Å². The predicted octanol–water partition coefficient (Wildman–Crippen LogP) is 3.37. The highest BCUT2D eigenvalue weighted by molar-refractivity contribution is 5.68. The molecule has 1 heterocycles. The Hall–Kier alpha value is -3.18. The molecule has 0 aromatic heterocycles. The molecule has 0 amide bonds. The molecule has 236 valence electrons. The molecule has 11 heteroatoms. The van der Waals surface area contributed by atoms with Gasteiger partial charge in [0.25, 0.3) is 0 Å². The van der Waals surface area contributed by atoms with E-state index in [1.165, 1.54) is 38.8 Å². The van der Waals surface area contributed by atoms with Crippen molar-refractivity contribution in [3.8, 4) is 5.75 Å². The maximum atomic E-state index is 12.1. The van der Waals surface area contributed by atoms with Crippen LogP contribution < -0.4 is 4.74 Å². The van der Waals surface area contributed by atoms with E-state index in [-0.39, 0.29) is 18.1 Å². The van der Waals surface area contributed by atoms with Gasteiger partial charge in [-0.25, -0.2) is 0 Å². The quantitative estimate of drug-likeness (QED) is 0.362. The fraction of sp³-hybridized carbons (Fsp3) is 0.688. The van der Waals surface area contributed by atoms with Gasteiger partial charge in [0.1, 0.15) is 18.5 Å². The summed E-state index contributed by atoms with van der Waals surface area (Å²) in [5, 5.41) is 10.7. The summed E-state index contributed by atoms with van der Waals surface area (Å²) in [6, 6.07) is 5.91. The van der Waals surface area contributed by atoms with Crippen molar-refractivity contribution in [1.82, 2.24) is 0 Å². The van der Waals surface area contributed by atoms with E-state index in [1.54, 1.807) is 0 Å². The molecule has 0 bridgehead atoms. The maximum Gasteiger partial charge on any atom is 0.303 e. The summed E-state index contributed by atoms with van der Waals surface area (Å²) >= 11 is 0. The molecule has 5 rings (SSSR count). The Morgan fingerprint density at radius 2 is 1.56 bits per heavy atom. The van der Waals surface area contributed by atoms with Gasteiger partial charge < -0.3 is 33.5 Å². The van der Waals surface area contributed by atoms with Gasteiger partial charge in [-0.3, -0.25) is 19.2 Å². The maximum absolute atomic E-state index is 12.1. The normalized spacial score (nSPS) is 36.3. The molecule has 0 radical (unpaired) electrons. The zero-order valence-corrected chi connectivity index (χ0v) is 25.4. The van der Waals surface area contributed by atoms with Crippen LogP contribution in [0.2, 0.25) is 0 Å². The first-order valence-electron chi connectivity index (χ1n) is 15.2. The summed E-state index contributed by atoms with van der Waals surface area (Å²) in [4.78, 5) is 47.8. The molecule has 43 heavy (non-hydrogen) atoms. The molecular weight excluding hydrogens is 560 g/mol. The fourth-order valence-corrected chi connectivity index (χ4v) is 8.02. The van der Waals surface area contributed by atoms with Gasteiger partial charge in [-0.05, 0) is 85.0 Å². The minimum Gasteiger partial charge on any atom is -0.463 e. The predicted molar refractivity (Wildman–Crippen MR) is 150 cm³/mol. The second-order valence-corrected chi connectivity index (χ2v) is 12.6. The zero-order chi connectivity index (χ0) is 31.1. The second-order valence-electron chi connectivity index (χ2n) is 12.6. The lowest BCUT2D eigenvalue weighted by molar-refractivity contribution is -0.288. The molecule has 1 aromatic carbocycles. The molecular formula is C32H42O11. The Morgan fingerprint density at radius 1 is 0.884 bits per heavy atom. The van der Waals surface area contributed by atoms with E-state index in [2.05, 4.69) is 13.0 Å². The van der Waals surface area contributed by atoms with Gasteiger partial charge in [0.2, 0.25) is 12.4 Å². The van der Waals surface area contributed by atoms with Crippen molar-refractivity contribution >= 4 is 23.9 Å². The number of esters is 4. The molecule has 1 aromatic rings. The largest absolute Gasteiger partial charge is 0.463 e. The lowest BCUT2D eigenvalue weighted by atomic mass is 9.55. The third-order valence-electron chi connectivity index (χ3n) is 9.85. The lowest BCUT2D eigenvalue weighted by Crippen LogP contribution is -2.63. The van der Waals surface area contributed by atoms with Crippen LogP contribution in [-0.4, -0.2) is 72.4 Å². The first-order chi connectivity index (χ1) is 20.4. The molecule has 3 aliphatic carbocycles. The van der Waals surface area contributed by atoms with Crippen molar-refractivity contribution in [2.75, 3.05) is 6.61 Å². The van der Waals surface area contributed by atoms with E-state index in [9.17, 15) is 24.3 Å². The molecule has 4 aliphatic rings. The Labute approximate surface area is 251 Å². The molecule has 1 aliphatic heterocycles. The summed E-state index contributed by atoms with van der Waals surface area (Å²) in [6.07, 6.45) is -0.514. The van der Waals surface area contributed by atoms with Crippen molar-refractivity contribution in [3.05, 3.63) is 29.3 Å². The van der Waals surface area contributed by atoms with Crippen LogP contribution in [0.1, 0.15) is 83.8 Å². The van der Waals surface area contributed by atoms with Crippen LogP contribution in [0.5, 0.6) is 5.75 Å². The summed E-state index contributed by atoms with van der Waals surface area (Å²) in [6.45, 7) is 6.71. The van der Waals surface area contributed by atoms with Gasteiger partial charge in [0.15, 0.2) is 12.2 Å². The second kappa shape index (κ2) is 12.4. The minimum atomic E-state index is -1.29. The average molecular weight is 603 g/mol. The van der Waals surface area contributed by atoms with Crippen LogP contribution in [0.4, 0.5) is 0 Å². The lowest BCUT2D eigenvalue weighted by Gasteiger charge is -2.50. The monoisotopic (exact) mass is 602 g/mol. The smallest absolute Gasteiger partial charge is 0.303 e. The number of aliphatic hydroxyl groups is 1. The highest BCUT2D eigenvalue weighted by atomic mass is 16.7. The Bertz CT molecular complexity index is 1250. The average Bonchev–Trinajstić information content (AvgIpc) is 3.24. The zero-order valence-electron chi connectivity index (χ0n) is 25.4. The highest BCUT2D eigenvalue weighted by Gasteiger charge is 2.55. The Morgan fingerprint density at radius 3 is 2.23 bits per heavy atom. The molecule has 1 saturated heterocycles. The van der Waals surface area contributed by atoms with E-state index in [0.29, 0.717) is 23.5 Å². The number of rotatable bonds is 7. The van der Waals surface area contributed by atoms with Crippen LogP contribution in [0.3, 0.4) is 0 Å². The first-order valence-corrected chi connectivity index (χ1v) is 15.2. The van der Waals surface area contributed by atoms with E-state index < -0.39 is 54.6 Å². The van der Waals surface area contributed by atoms with Gasteiger partial charge in [0.05, 0.1) is 6.10 Å². The number of aliphatic hydroxyl groups excluding tert-OH is 1. The van der Waals surface area contributed by atoms with Gasteiger partial charge in [-0.1, -0.05) is 13.0 Å². The number of carbonyl (C=O) groups is 4. The standard InChI is InChI=1S/C32H42O11/c1-16(33)38-15-26-28(39-17(2)34)29(40-18(3)35)30(41-19(4)36)31(43-26)42-21-7-9-22-20(14-21)6-8-24-23(22)12-13-32(5)25(24)10-11-27(32)37/h7,9,14,23-31,37H,6,8,10-13,15H2,1-5H3/t23-,24-,25+,26?,27+,28+,29+,30?,31-,32+/m1/s1. The third kappa shape index (κ3) is 6.38. The van der Waals surface area contributed by atoms with E-state index in [0.717, 1.165) is 38.5 Å². The van der Waals surface area contributed by atoms with Crippen molar-refractivity contribution in [3.63, 3.8) is 0 Å². The van der Waals surface area contributed by atoms with Gasteiger partial charge in [-0.2, -0.15) is 0 Å². The van der Waals surface area contributed by atoms with Gasteiger partial charge in [0, 0.05) is 27.7 Å². The Balaban J connectivity index is 1.41. The number of fused-ring (bicyclic) bond motifs is 5. The van der Waals surface area contributed by atoms with E-state index >= 15 is 0 Å². The van der Waals surface area contributed by atoms with Crippen LogP contribution in [0.15, 0.2) is 18.2 Å². The summed E-state index contributed by atoms with van der Waals surface area (Å²) in [5.41, 5.74) is 2.47. The van der Waals surface area contributed by atoms with Crippen LogP contribution in [0, 0.1) is 17.3 Å². The summed E-state index contributed by atoms with van der Waals surface area (Å²) in [5.74, 6) is -0.718. The van der Waals surface area contributed by atoms with Crippen LogP contribution in [-0.2, 0) is 49.3 Å². The topological polar surface area (TPSA) is 144 Å². The molecule has 10 atom stereocenters. The first kappa shape index (κ1) is 31.3. The van der Waals surface area contributed by atoms with E-state index in [1.807, 2.05) is 12.1 Å². The van der Waals surface area contributed by atoms with Gasteiger partial charge in [-0.15, -0.1) is 0 Å². The SMILES string of the molecule is CC(=O)OCC1O[C@@H](Oc2ccc3c(c2)CC[C@@H]2[C@@H]3CC[C@]3(C)[C@@H](O)CC[C@@H]23)C(OC(C)=O)[C@@H](OC(C)=O)[C@H]1OC(C)=O. The van der Waals surface area contributed by atoms with Crippen molar-refractivity contribution < 1.29 is 52.7 Å². The number of hydrogen-bond donors (Lipinski definition) is 1. The van der Waals surface area contributed by atoms with Crippen molar-refractivity contribution in [2.24, 2.45) is 17.3 Å². The highest BCUT2D eigenvalue weighted by Crippen LogP contribution is 2.61. The summed E-state index contributed by atoms with van der Waals surface area (Å²) in [7, 11) is 0. The number of carbonyl (C=O) groups excluding carboxylic acids is 4. The molecule has 11 nitrogen and oxygen atoms in total. The van der Waals surface area contributed by atoms with Crippen LogP contribution >= 0.6 is 0 Å². The fourth-order valence-electron chi connectivity index (χ4n) is 8.02. The molecule has 1 N–H and O–H groups in total. The number of benzene rings is 1. The van der Waals surface area contributed by atoms with Crippen molar-refractivity contribution in [2.45, 2.75) is 116 Å². The Kier molecular flexibility index (Phi) is 9.04. The number of ether oxygens (including phenoxy) is 6. The van der Waals surface area contributed by atoms with Gasteiger partial charge >= 0.3 is 23.9 Å². The number of hydrogen-bond acceptors (Lipinski definition) is 11. The molecule has 2 unspecified atom stereocenters. The molecule has 2 saturated carbocycles. The minimum absolute atomic E-state index is 0.00312. The van der Waals surface area contributed by atoms with Crippen molar-refractivity contribution in [1.29, 1.82) is 0 Å². The number of aryl methyl sites for hydroxylation is 1. The molecule has 0 spiro atoms. The third-order valence-corrected chi connectivity index (χ3v) is 9.85.